The molecule has 6 nitrogen and oxygen atoms in total. The molecular formula is C24H25N5O. The lowest BCUT2D eigenvalue weighted by Crippen LogP contribution is -2.43. The van der Waals surface area contributed by atoms with Crippen molar-refractivity contribution in [3.05, 3.63) is 78.1 Å². The minimum Gasteiger partial charge on any atom is -0.341 e. The number of carbonyl (C=O) groups is 1. The number of hydrogen-bond donors (Lipinski definition) is 0. The van der Waals surface area contributed by atoms with Gasteiger partial charge in [0.2, 0.25) is 5.91 Å². The third-order valence-electron chi connectivity index (χ3n) is 6.16. The third-order valence-corrected chi connectivity index (χ3v) is 6.16. The first-order chi connectivity index (χ1) is 14.8. The van der Waals surface area contributed by atoms with Crippen LogP contribution in [0.5, 0.6) is 0 Å². The van der Waals surface area contributed by atoms with Crippen molar-refractivity contribution in [3.8, 4) is 11.1 Å². The maximum Gasteiger partial charge on any atom is 0.236 e. The Labute approximate surface area is 176 Å². The number of pyridine rings is 1. The molecule has 152 valence electrons. The van der Waals surface area contributed by atoms with Gasteiger partial charge in [0.15, 0.2) is 0 Å². The van der Waals surface area contributed by atoms with Gasteiger partial charge in [-0.2, -0.15) is 0 Å². The number of nitrogens with zero attached hydrogens (tertiary/aromatic N) is 5. The SMILES string of the molecule is O=C(CN1Cc2ccccc2C1)N1CCCC(c2ncncc2-c2ccncc2)C1. The summed E-state index contributed by atoms with van der Waals surface area (Å²) < 4.78 is 0. The number of amides is 1. The highest BCUT2D eigenvalue weighted by Gasteiger charge is 2.29. The molecule has 0 aliphatic carbocycles. The van der Waals surface area contributed by atoms with E-state index in [0.29, 0.717) is 13.1 Å². The summed E-state index contributed by atoms with van der Waals surface area (Å²) in [6.07, 6.45) is 9.10. The van der Waals surface area contributed by atoms with Crippen molar-refractivity contribution in [3.63, 3.8) is 0 Å². The van der Waals surface area contributed by atoms with Gasteiger partial charge in [0.25, 0.3) is 0 Å². The number of aromatic nitrogens is 3. The zero-order chi connectivity index (χ0) is 20.3. The van der Waals surface area contributed by atoms with Gasteiger partial charge >= 0.3 is 0 Å². The Kier molecular flexibility index (Phi) is 5.24. The Morgan fingerprint density at radius 1 is 1.03 bits per heavy atom. The topological polar surface area (TPSA) is 62.2 Å². The molecule has 4 heterocycles. The predicted octanol–water partition coefficient (Wildman–Crippen LogP) is 3.26. The van der Waals surface area contributed by atoms with Crippen molar-refractivity contribution < 1.29 is 4.79 Å². The highest BCUT2D eigenvalue weighted by atomic mass is 16.2. The van der Waals surface area contributed by atoms with Gasteiger partial charge in [-0.15, -0.1) is 0 Å². The second kappa shape index (κ2) is 8.32. The molecule has 0 bridgehead atoms. The molecule has 1 saturated heterocycles. The standard InChI is InChI=1S/C24H25N5O/c30-23(16-28-13-19-4-1-2-5-20(19)14-28)29-11-3-6-21(15-29)24-22(12-26-17-27-24)18-7-9-25-10-8-18/h1-2,4-5,7-10,12,17,21H,3,6,11,13-16H2. The lowest BCUT2D eigenvalue weighted by molar-refractivity contribution is -0.133. The summed E-state index contributed by atoms with van der Waals surface area (Å²) >= 11 is 0. The van der Waals surface area contributed by atoms with Crippen LogP contribution < -0.4 is 0 Å². The Morgan fingerprint density at radius 3 is 2.57 bits per heavy atom. The average Bonchev–Trinajstić information content (AvgIpc) is 3.22. The van der Waals surface area contributed by atoms with Gasteiger partial charge in [-0.25, -0.2) is 9.97 Å². The molecular weight excluding hydrogens is 374 g/mol. The quantitative estimate of drug-likeness (QED) is 0.674. The third kappa shape index (κ3) is 3.83. The molecule has 0 saturated carbocycles. The van der Waals surface area contributed by atoms with Gasteiger partial charge in [0.1, 0.15) is 6.33 Å². The van der Waals surface area contributed by atoms with E-state index in [1.54, 1.807) is 18.7 Å². The normalized spacial score (nSPS) is 18.9. The van der Waals surface area contributed by atoms with E-state index in [0.717, 1.165) is 49.3 Å². The monoisotopic (exact) mass is 399 g/mol. The fourth-order valence-electron chi connectivity index (χ4n) is 4.65. The molecule has 1 atom stereocenters. The second-order valence-corrected chi connectivity index (χ2v) is 8.15. The van der Waals surface area contributed by atoms with Gasteiger partial charge in [-0.1, -0.05) is 24.3 Å². The zero-order valence-corrected chi connectivity index (χ0v) is 16.9. The fraction of sp³-hybridized carbons (Fsp3) is 0.333. The molecule has 2 aliphatic rings. The van der Waals surface area contributed by atoms with Gasteiger partial charge in [-0.05, 0) is 41.7 Å². The van der Waals surface area contributed by atoms with Crippen LogP contribution in [-0.2, 0) is 17.9 Å². The molecule has 0 N–H and O–H groups in total. The van der Waals surface area contributed by atoms with Crippen LogP contribution in [0.2, 0.25) is 0 Å². The number of fused-ring (bicyclic) bond motifs is 1. The molecule has 1 unspecified atom stereocenters. The van der Waals surface area contributed by atoms with Crippen LogP contribution >= 0.6 is 0 Å². The molecule has 5 rings (SSSR count). The first-order valence-corrected chi connectivity index (χ1v) is 10.5. The Hall–Kier alpha value is -3.12. The molecule has 1 amide bonds. The summed E-state index contributed by atoms with van der Waals surface area (Å²) in [5, 5.41) is 0. The van der Waals surface area contributed by atoms with Crippen LogP contribution in [0.25, 0.3) is 11.1 Å². The number of piperidine rings is 1. The molecule has 2 aliphatic heterocycles. The summed E-state index contributed by atoms with van der Waals surface area (Å²) in [6, 6.07) is 12.4. The average molecular weight is 399 g/mol. The number of likely N-dealkylation sites (tertiary alicyclic amines) is 1. The van der Waals surface area contributed by atoms with Crippen LogP contribution in [0.15, 0.2) is 61.3 Å². The lowest BCUT2D eigenvalue weighted by Gasteiger charge is -2.34. The van der Waals surface area contributed by atoms with E-state index in [-0.39, 0.29) is 11.8 Å². The van der Waals surface area contributed by atoms with E-state index in [1.807, 2.05) is 23.2 Å². The smallest absolute Gasteiger partial charge is 0.236 e. The van der Waals surface area contributed by atoms with Crippen molar-refractivity contribution in [1.29, 1.82) is 0 Å². The number of benzene rings is 1. The summed E-state index contributed by atoms with van der Waals surface area (Å²) in [7, 11) is 0. The van der Waals surface area contributed by atoms with Crippen LogP contribution in [0, 0.1) is 0 Å². The molecule has 2 aromatic heterocycles. The van der Waals surface area contributed by atoms with Crippen LogP contribution in [0.1, 0.15) is 35.6 Å². The highest BCUT2D eigenvalue weighted by molar-refractivity contribution is 5.78. The largest absolute Gasteiger partial charge is 0.341 e. The van der Waals surface area contributed by atoms with Crippen molar-refractivity contribution in [2.45, 2.75) is 31.8 Å². The van der Waals surface area contributed by atoms with Gasteiger partial charge in [0, 0.05) is 56.3 Å². The minimum absolute atomic E-state index is 0.215. The lowest BCUT2D eigenvalue weighted by atomic mass is 9.90. The van der Waals surface area contributed by atoms with Crippen molar-refractivity contribution in [2.24, 2.45) is 0 Å². The van der Waals surface area contributed by atoms with Crippen molar-refractivity contribution in [1.82, 2.24) is 24.8 Å². The molecule has 6 heteroatoms. The van der Waals surface area contributed by atoms with E-state index in [1.165, 1.54) is 11.1 Å². The Morgan fingerprint density at radius 2 is 1.80 bits per heavy atom. The summed E-state index contributed by atoms with van der Waals surface area (Å²) in [5.74, 6) is 0.441. The van der Waals surface area contributed by atoms with Crippen LogP contribution in [-0.4, -0.2) is 50.3 Å². The molecule has 0 radical (unpaired) electrons. The van der Waals surface area contributed by atoms with E-state index in [9.17, 15) is 4.79 Å². The summed E-state index contributed by atoms with van der Waals surface area (Å²) in [6.45, 7) is 3.73. The highest BCUT2D eigenvalue weighted by Crippen LogP contribution is 2.32. The number of rotatable bonds is 4. The number of carbonyl (C=O) groups excluding carboxylic acids is 1. The van der Waals surface area contributed by atoms with Gasteiger partial charge < -0.3 is 4.90 Å². The maximum atomic E-state index is 13.1. The van der Waals surface area contributed by atoms with Crippen LogP contribution in [0.4, 0.5) is 0 Å². The summed E-state index contributed by atoms with van der Waals surface area (Å²) in [4.78, 5) is 30.3. The van der Waals surface area contributed by atoms with E-state index in [4.69, 9.17) is 0 Å². The first-order valence-electron chi connectivity index (χ1n) is 10.5. The van der Waals surface area contributed by atoms with Crippen molar-refractivity contribution in [2.75, 3.05) is 19.6 Å². The van der Waals surface area contributed by atoms with E-state index >= 15 is 0 Å². The molecule has 1 aromatic carbocycles. The molecule has 0 spiro atoms. The Bertz CT molecular complexity index is 1010. The summed E-state index contributed by atoms with van der Waals surface area (Å²) in [5.41, 5.74) is 5.81. The molecule has 30 heavy (non-hydrogen) atoms. The molecule has 1 fully saturated rings. The predicted molar refractivity (Wildman–Crippen MR) is 114 cm³/mol. The second-order valence-electron chi connectivity index (χ2n) is 8.15. The van der Waals surface area contributed by atoms with E-state index in [2.05, 4.69) is 44.1 Å². The van der Waals surface area contributed by atoms with Gasteiger partial charge in [-0.3, -0.25) is 14.7 Å². The maximum absolute atomic E-state index is 13.1. The van der Waals surface area contributed by atoms with Crippen LogP contribution in [0.3, 0.4) is 0 Å². The van der Waals surface area contributed by atoms with Crippen molar-refractivity contribution >= 4 is 5.91 Å². The molecule has 3 aromatic rings. The minimum atomic E-state index is 0.215. The van der Waals surface area contributed by atoms with Gasteiger partial charge in [0.05, 0.1) is 12.2 Å². The fourth-order valence-corrected chi connectivity index (χ4v) is 4.65. The van der Waals surface area contributed by atoms with E-state index < -0.39 is 0 Å². The Balaban J connectivity index is 1.29. The first kappa shape index (κ1) is 18.9. The zero-order valence-electron chi connectivity index (χ0n) is 16.9. The number of hydrogen-bond acceptors (Lipinski definition) is 5.